The third-order valence-corrected chi connectivity index (χ3v) is 5.39. The molecule has 2 aromatic rings. The standard InChI is InChI=1S/C19H19ClF3NO6S/c20-15-7-2-6-14(11-15)17(25)12-24(18(26)27)9-3-5-13-4-1-8-16(10-13)30-31(28,29)19(21,22)23/h1-2,4,6-8,10-11,17,25H,3,5,9,12H2,(H,26,27)/t17-/m0/s1. The normalized spacial score (nSPS) is 12.9. The second-order valence-electron chi connectivity index (χ2n) is 6.53. The zero-order valence-corrected chi connectivity index (χ0v) is 17.5. The average molecular weight is 482 g/mol. The van der Waals surface area contributed by atoms with Crippen LogP contribution >= 0.6 is 11.6 Å². The molecule has 2 rings (SSSR count). The Balaban J connectivity index is 1.96. The van der Waals surface area contributed by atoms with Crippen molar-refractivity contribution in [3.05, 3.63) is 64.7 Å². The van der Waals surface area contributed by atoms with E-state index < -0.39 is 33.6 Å². The number of carbonyl (C=O) groups is 1. The van der Waals surface area contributed by atoms with E-state index in [4.69, 9.17) is 11.6 Å². The predicted octanol–water partition coefficient (Wildman–Crippen LogP) is 4.21. The Morgan fingerprint density at radius 1 is 1.16 bits per heavy atom. The summed E-state index contributed by atoms with van der Waals surface area (Å²) in [5.41, 5.74) is -4.64. The maximum Gasteiger partial charge on any atom is 0.534 e. The monoisotopic (exact) mass is 481 g/mol. The van der Waals surface area contributed by atoms with E-state index in [2.05, 4.69) is 4.18 Å². The fourth-order valence-electron chi connectivity index (χ4n) is 2.69. The molecule has 0 saturated heterocycles. The molecule has 0 fully saturated rings. The summed E-state index contributed by atoms with van der Waals surface area (Å²) in [6, 6.07) is 11.4. The number of aliphatic hydroxyl groups is 1. The maximum absolute atomic E-state index is 12.4. The molecule has 170 valence electrons. The van der Waals surface area contributed by atoms with Crippen molar-refractivity contribution in [1.82, 2.24) is 4.90 Å². The molecule has 0 heterocycles. The van der Waals surface area contributed by atoms with E-state index in [1.807, 2.05) is 0 Å². The van der Waals surface area contributed by atoms with Gasteiger partial charge in [-0.25, -0.2) is 4.79 Å². The number of amides is 1. The molecule has 0 radical (unpaired) electrons. The summed E-state index contributed by atoms with van der Waals surface area (Å²) in [6.45, 7) is -0.179. The summed E-state index contributed by atoms with van der Waals surface area (Å²) in [6.07, 6.45) is -1.85. The largest absolute Gasteiger partial charge is 0.534 e. The second-order valence-corrected chi connectivity index (χ2v) is 8.51. The molecule has 0 aliphatic rings. The minimum Gasteiger partial charge on any atom is -0.465 e. The van der Waals surface area contributed by atoms with Crippen molar-refractivity contribution in [3.8, 4) is 5.75 Å². The van der Waals surface area contributed by atoms with Crippen LogP contribution in [0.15, 0.2) is 48.5 Å². The molecule has 0 aliphatic carbocycles. The van der Waals surface area contributed by atoms with Crippen LogP contribution in [0.1, 0.15) is 23.7 Å². The zero-order chi connectivity index (χ0) is 23.2. The van der Waals surface area contributed by atoms with Crippen LogP contribution in [0.4, 0.5) is 18.0 Å². The molecule has 2 aromatic carbocycles. The van der Waals surface area contributed by atoms with Gasteiger partial charge in [0.25, 0.3) is 0 Å². The topological polar surface area (TPSA) is 104 Å². The predicted molar refractivity (Wildman–Crippen MR) is 106 cm³/mol. The molecular weight excluding hydrogens is 463 g/mol. The number of aliphatic hydroxyl groups excluding tert-OH is 1. The number of aryl methyl sites for hydroxylation is 1. The number of hydrogen-bond acceptors (Lipinski definition) is 5. The first kappa shape index (κ1) is 24.8. The lowest BCUT2D eigenvalue weighted by molar-refractivity contribution is -0.0500. The highest BCUT2D eigenvalue weighted by Crippen LogP contribution is 2.27. The number of halogens is 4. The van der Waals surface area contributed by atoms with Gasteiger partial charge in [-0.2, -0.15) is 21.6 Å². The lowest BCUT2D eigenvalue weighted by atomic mass is 10.1. The van der Waals surface area contributed by atoms with Crippen LogP contribution in [0.25, 0.3) is 0 Å². The number of nitrogens with zero attached hydrogens (tertiary/aromatic N) is 1. The Morgan fingerprint density at radius 3 is 2.45 bits per heavy atom. The molecule has 0 aliphatic heterocycles. The van der Waals surface area contributed by atoms with Crippen molar-refractivity contribution >= 4 is 27.8 Å². The number of carboxylic acid groups (broad SMARTS) is 1. The second kappa shape index (κ2) is 10.2. The summed E-state index contributed by atoms with van der Waals surface area (Å²) in [7, 11) is -5.78. The van der Waals surface area contributed by atoms with E-state index in [0.29, 0.717) is 16.1 Å². The van der Waals surface area contributed by atoms with Gasteiger partial charge in [0.1, 0.15) is 5.75 Å². The van der Waals surface area contributed by atoms with Gasteiger partial charge in [-0.3, -0.25) is 0 Å². The molecule has 12 heteroatoms. The summed E-state index contributed by atoms with van der Waals surface area (Å²) in [5.74, 6) is -0.499. The Morgan fingerprint density at radius 2 is 1.84 bits per heavy atom. The number of benzene rings is 2. The first-order valence-corrected chi connectivity index (χ1v) is 10.7. The Kier molecular flexibility index (Phi) is 8.15. The van der Waals surface area contributed by atoms with E-state index >= 15 is 0 Å². The van der Waals surface area contributed by atoms with Crippen molar-refractivity contribution in [2.45, 2.75) is 24.5 Å². The zero-order valence-electron chi connectivity index (χ0n) is 15.9. The van der Waals surface area contributed by atoms with Crippen molar-refractivity contribution in [1.29, 1.82) is 0 Å². The van der Waals surface area contributed by atoms with E-state index in [-0.39, 0.29) is 25.9 Å². The Hall–Kier alpha value is -2.50. The van der Waals surface area contributed by atoms with Crippen LogP contribution in [-0.4, -0.2) is 48.2 Å². The molecule has 0 unspecified atom stereocenters. The van der Waals surface area contributed by atoms with Crippen molar-refractivity contribution < 1.29 is 40.8 Å². The molecule has 1 amide bonds. The van der Waals surface area contributed by atoms with Crippen molar-refractivity contribution in [2.24, 2.45) is 0 Å². The van der Waals surface area contributed by atoms with Gasteiger partial charge in [-0.1, -0.05) is 35.9 Å². The van der Waals surface area contributed by atoms with Crippen molar-refractivity contribution in [2.75, 3.05) is 13.1 Å². The van der Waals surface area contributed by atoms with Gasteiger partial charge in [-0.15, -0.1) is 0 Å². The third-order valence-electron chi connectivity index (χ3n) is 4.18. The summed E-state index contributed by atoms with van der Waals surface area (Å²) in [4.78, 5) is 12.5. The number of rotatable bonds is 9. The van der Waals surface area contributed by atoms with E-state index in [9.17, 15) is 36.6 Å². The van der Waals surface area contributed by atoms with Crippen molar-refractivity contribution in [3.63, 3.8) is 0 Å². The van der Waals surface area contributed by atoms with Crippen LogP contribution in [-0.2, 0) is 16.5 Å². The van der Waals surface area contributed by atoms with Crippen LogP contribution in [0.3, 0.4) is 0 Å². The molecule has 1 atom stereocenters. The maximum atomic E-state index is 12.4. The average Bonchev–Trinajstić information content (AvgIpc) is 2.66. The number of alkyl halides is 3. The molecule has 0 spiro atoms. The first-order valence-electron chi connectivity index (χ1n) is 8.90. The minimum atomic E-state index is -5.78. The van der Waals surface area contributed by atoms with Gasteiger partial charge in [-0.05, 0) is 48.2 Å². The quantitative estimate of drug-likeness (QED) is 0.410. The Labute approximate surface area is 181 Å². The van der Waals surface area contributed by atoms with Gasteiger partial charge in [0.15, 0.2) is 0 Å². The van der Waals surface area contributed by atoms with Gasteiger partial charge < -0.3 is 19.3 Å². The highest BCUT2D eigenvalue weighted by molar-refractivity contribution is 7.88. The molecule has 7 nitrogen and oxygen atoms in total. The lowest BCUT2D eigenvalue weighted by Crippen LogP contribution is -2.34. The smallest absolute Gasteiger partial charge is 0.465 e. The fourth-order valence-corrected chi connectivity index (χ4v) is 3.34. The molecular formula is C19H19ClF3NO6S. The van der Waals surface area contributed by atoms with Crippen LogP contribution < -0.4 is 4.18 Å². The third kappa shape index (κ3) is 7.30. The fraction of sp³-hybridized carbons (Fsp3) is 0.316. The highest BCUT2D eigenvalue weighted by atomic mass is 35.5. The van der Waals surface area contributed by atoms with Gasteiger partial charge in [0.05, 0.1) is 12.6 Å². The highest BCUT2D eigenvalue weighted by Gasteiger charge is 2.48. The van der Waals surface area contributed by atoms with Crippen LogP contribution in [0.2, 0.25) is 5.02 Å². The molecule has 0 bridgehead atoms. The van der Waals surface area contributed by atoms with E-state index in [0.717, 1.165) is 17.0 Å². The summed E-state index contributed by atoms with van der Waals surface area (Å²) >= 11 is 5.87. The molecule has 0 aromatic heterocycles. The molecule has 31 heavy (non-hydrogen) atoms. The van der Waals surface area contributed by atoms with Gasteiger partial charge in [0.2, 0.25) is 0 Å². The van der Waals surface area contributed by atoms with Crippen LogP contribution in [0.5, 0.6) is 5.75 Å². The lowest BCUT2D eigenvalue weighted by Gasteiger charge is -2.23. The van der Waals surface area contributed by atoms with E-state index in [1.165, 1.54) is 12.1 Å². The number of hydrogen-bond donors (Lipinski definition) is 2. The Bertz CT molecular complexity index is 1020. The minimum absolute atomic E-state index is 0.0267. The first-order chi connectivity index (χ1) is 14.4. The van der Waals surface area contributed by atoms with Gasteiger partial charge in [0, 0.05) is 11.6 Å². The molecule has 0 saturated carbocycles. The van der Waals surface area contributed by atoms with E-state index in [1.54, 1.807) is 24.3 Å². The SMILES string of the molecule is O=C(O)N(CCCc1cccc(OS(=O)(=O)C(F)(F)F)c1)C[C@H](O)c1cccc(Cl)c1. The summed E-state index contributed by atoms with van der Waals surface area (Å²) < 4.78 is 63.6. The van der Waals surface area contributed by atoms with Crippen LogP contribution in [0, 0.1) is 0 Å². The molecule has 2 N–H and O–H groups in total. The summed E-state index contributed by atoms with van der Waals surface area (Å²) in [5, 5.41) is 20.0. The van der Waals surface area contributed by atoms with Gasteiger partial charge >= 0.3 is 21.7 Å².